The number of ether oxygens (including phenoxy) is 2. The number of nitrogens with zero attached hydrogens (tertiary/aromatic N) is 3. The lowest BCUT2D eigenvalue weighted by atomic mass is 10.1. The predicted octanol–water partition coefficient (Wildman–Crippen LogP) is 5.46. The Morgan fingerprint density at radius 1 is 1.00 bits per heavy atom. The maximum Gasteiger partial charge on any atom is 0.227 e. The zero-order chi connectivity index (χ0) is 23.8. The van der Waals surface area contributed by atoms with Crippen LogP contribution >= 0.6 is 0 Å². The summed E-state index contributed by atoms with van der Waals surface area (Å²) in [6.07, 6.45) is 1.40. The summed E-state index contributed by atoms with van der Waals surface area (Å²) in [7, 11) is 1.64. The summed E-state index contributed by atoms with van der Waals surface area (Å²) in [4.78, 5) is 2.30. The maximum absolute atomic E-state index is 10.6. The predicted molar refractivity (Wildman–Crippen MR) is 132 cm³/mol. The van der Waals surface area contributed by atoms with Crippen LogP contribution in [-0.4, -0.2) is 46.1 Å². The van der Waals surface area contributed by atoms with Gasteiger partial charge in [0, 0.05) is 13.1 Å². The van der Waals surface area contributed by atoms with Gasteiger partial charge in [0.15, 0.2) is 11.5 Å². The van der Waals surface area contributed by atoms with E-state index in [1.54, 1.807) is 7.11 Å². The molecule has 1 N–H and O–H groups in total. The zero-order valence-electron chi connectivity index (χ0n) is 20.5. The van der Waals surface area contributed by atoms with Crippen LogP contribution in [0.3, 0.4) is 0 Å². The van der Waals surface area contributed by atoms with Crippen LogP contribution in [0.15, 0.2) is 54.6 Å². The fourth-order valence-corrected chi connectivity index (χ4v) is 3.83. The molecule has 3 rings (SSSR count). The van der Waals surface area contributed by atoms with E-state index in [0.717, 1.165) is 36.3 Å². The lowest BCUT2D eigenvalue weighted by Gasteiger charge is -2.26. The van der Waals surface area contributed by atoms with Gasteiger partial charge < -0.3 is 14.6 Å². The van der Waals surface area contributed by atoms with E-state index in [-0.39, 0.29) is 12.0 Å². The molecule has 6 nitrogen and oxygen atoms in total. The Hall–Kier alpha value is -2.83. The average molecular weight is 452 g/mol. The summed E-state index contributed by atoms with van der Waals surface area (Å²) in [6.45, 7) is 10.5. The Bertz CT molecular complexity index is 1000. The molecule has 1 atom stereocenters. The first kappa shape index (κ1) is 24.8. The molecule has 1 unspecified atom stereocenters. The van der Waals surface area contributed by atoms with Crippen molar-refractivity contribution in [3.05, 3.63) is 65.9 Å². The first-order chi connectivity index (χ1) is 16.0. The second-order valence-electron chi connectivity index (χ2n) is 8.63. The van der Waals surface area contributed by atoms with Gasteiger partial charge in [-0.05, 0) is 49.6 Å². The molecular formula is C27H37N3O3. The standard InChI is InChI=1S/C27H37N3O3/c1-6-17-29(19-24(31)20(3)4)18-22-23(7-2)28-30(21-13-9-8-10-14-21)27(22)33-26-16-12-11-15-25(26)32-5/h8-16,20,24,31H,6-7,17-19H2,1-5H3. The lowest BCUT2D eigenvalue weighted by Crippen LogP contribution is -2.35. The number of aryl methyl sites for hydroxylation is 1. The third-order valence-electron chi connectivity index (χ3n) is 5.77. The van der Waals surface area contributed by atoms with Crippen LogP contribution in [-0.2, 0) is 13.0 Å². The number of hydrogen-bond acceptors (Lipinski definition) is 5. The van der Waals surface area contributed by atoms with Crippen molar-refractivity contribution in [2.24, 2.45) is 5.92 Å². The fraction of sp³-hybridized carbons (Fsp3) is 0.444. The molecule has 2 aromatic carbocycles. The molecule has 0 aliphatic carbocycles. The van der Waals surface area contributed by atoms with E-state index in [2.05, 4.69) is 32.6 Å². The van der Waals surface area contributed by atoms with Crippen molar-refractivity contribution in [3.8, 4) is 23.1 Å². The lowest BCUT2D eigenvalue weighted by molar-refractivity contribution is 0.0728. The van der Waals surface area contributed by atoms with Crippen molar-refractivity contribution >= 4 is 0 Å². The third-order valence-corrected chi connectivity index (χ3v) is 5.77. The number of aromatic nitrogens is 2. The molecule has 0 spiro atoms. The molecule has 6 heteroatoms. The highest BCUT2D eigenvalue weighted by atomic mass is 16.5. The van der Waals surface area contributed by atoms with Crippen LogP contribution < -0.4 is 9.47 Å². The molecule has 1 aromatic heterocycles. The normalized spacial score (nSPS) is 12.4. The molecule has 0 aliphatic rings. The van der Waals surface area contributed by atoms with Crippen molar-refractivity contribution in [3.63, 3.8) is 0 Å². The van der Waals surface area contributed by atoms with Gasteiger partial charge in [0.1, 0.15) is 0 Å². The van der Waals surface area contributed by atoms with Crippen LogP contribution in [0, 0.1) is 5.92 Å². The largest absolute Gasteiger partial charge is 0.493 e. The second kappa shape index (κ2) is 11.9. The minimum atomic E-state index is -0.385. The van der Waals surface area contributed by atoms with Crippen LogP contribution in [0.4, 0.5) is 0 Å². The smallest absolute Gasteiger partial charge is 0.227 e. The molecule has 3 aromatic rings. The van der Waals surface area contributed by atoms with Gasteiger partial charge in [-0.1, -0.05) is 58.0 Å². The summed E-state index contributed by atoms with van der Waals surface area (Å²) in [5.74, 6) is 2.20. The van der Waals surface area contributed by atoms with E-state index in [0.29, 0.717) is 30.5 Å². The summed E-state index contributed by atoms with van der Waals surface area (Å²) >= 11 is 0. The van der Waals surface area contributed by atoms with E-state index in [4.69, 9.17) is 14.6 Å². The van der Waals surface area contributed by atoms with E-state index in [1.165, 1.54) is 0 Å². The number of para-hydroxylation sites is 3. The highest BCUT2D eigenvalue weighted by Gasteiger charge is 2.24. The van der Waals surface area contributed by atoms with Crippen molar-refractivity contribution in [1.29, 1.82) is 0 Å². The van der Waals surface area contributed by atoms with Crippen molar-refractivity contribution in [2.45, 2.75) is 53.2 Å². The molecule has 33 heavy (non-hydrogen) atoms. The SMILES string of the molecule is CCCN(Cc1c(CC)nn(-c2ccccc2)c1Oc1ccccc1OC)CC(O)C(C)C. The van der Waals surface area contributed by atoms with Crippen molar-refractivity contribution in [1.82, 2.24) is 14.7 Å². The first-order valence-electron chi connectivity index (χ1n) is 11.9. The number of rotatable bonds is 12. The number of aliphatic hydroxyl groups is 1. The average Bonchev–Trinajstić information content (AvgIpc) is 3.17. The highest BCUT2D eigenvalue weighted by Crippen LogP contribution is 2.36. The Balaban J connectivity index is 2.08. The topological polar surface area (TPSA) is 59.8 Å². The van der Waals surface area contributed by atoms with Gasteiger partial charge in [-0.3, -0.25) is 4.90 Å². The summed E-state index contributed by atoms with van der Waals surface area (Å²) in [6, 6.07) is 17.7. The number of methoxy groups -OCH3 is 1. The van der Waals surface area contributed by atoms with Gasteiger partial charge >= 0.3 is 0 Å². The zero-order valence-corrected chi connectivity index (χ0v) is 20.5. The van der Waals surface area contributed by atoms with Gasteiger partial charge in [-0.15, -0.1) is 0 Å². The number of aliphatic hydroxyl groups excluding tert-OH is 1. The molecule has 0 fully saturated rings. The van der Waals surface area contributed by atoms with Gasteiger partial charge in [-0.25, -0.2) is 4.68 Å². The van der Waals surface area contributed by atoms with Gasteiger partial charge in [0.2, 0.25) is 5.88 Å². The summed E-state index contributed by atoms with van der Waals surface area (Å²) in [5.41, 5.74) is 2.97. The number of hydrogen-bond donors (Lipinski definition) is 1. The molecular weight excluding hydrogens is 414 g/mol. The van der Waals surface area contributed by atoms with E-state index >= 15 is 0 Å². The van der Waals surface area contributed by atoms with Gasteiger partial charge in [0.05, 0.1) is 30.2 Å². The second-order valence-corrected chi connectivity index (χ2v) is 8.63. The van der Waals surface area contributed by atoms with Crippen LogP contribution in [0.25, 0.3) is 5.69 Å². The first-order valence-corrected chi connectivity index (χ1v) is 11.9. The van der Waals surface area contributed by atoms with E-state index in [9.17, 15) is 5.11 Å². The fourth-order valence-electron chi connectivity index (χ4n) is 3.83. The molecule has 0 saturated carbocycles. The third kappa shape index (κ3) is 6.15. The highest BCUT2D eigenvalue weighted by molar-refractivity contribution is 5.47. The van der Waals surface area contributed by atoms with Crippen LogP contribution in [0.1, 0.15) is 45.4 Å². The van der Waals surface area contributed by atoms with Crippen molar-refractivity contribution < 1.29 is 14.6 Å². The molecule has 178 valence electrons. The van der Waals surface area contributed by atoms with E-state index < -0.39 is 0 Å². The quantitative estimate of drug-likeness (QED) is 0.396. The maximum atomic E-state index is 10.6. The Morgan fingerprint density at radius 2 is 1.67 bits per heavy atom. The van der Waals surface area contributed by atoms with Gasteiger partial charge in [-0.2, -0.15) is 5.10 Å². The summed E-state index contributed by atoms with van der Waals surface area (Å²) in [5, 5.41) is 15.5. The molecule has 0 aliphatic heterocycles. The van der Waals surface area contributed by atoms with Gasteiger partial charge in [0.25, 0.3) is 0 Å². The monoisotopic (exact) mass is 451 g/mol. The molecule has 0 radical (unpaired) electrons. The van der Waals surface area contributed by atoms with Crippen molar-refractivity contribution in [2.75, 3.05) is 20.2 Å². The molecule has 1 heterocycles. The summed E-state index contributed by atoms with van der Waals surface area (Å²) < 4.78 is 13.9. The number of benzene rings is 2. The molecule has 0 saturated heterocycles. The van der Waals surface area contributed by atoms with Crippen LogP contribution in [0.2, 0.25) is 0 Å². The Labute approximate surface area is 197 Å². The van der Waals surface area contributed by atoms with E-state index in [1.807, 2.05) is 59.3 Å². The van der Waals surface area contributed by atoms with Crippen LogP contribution in [0.5, 0.6) is 17.4 Å². The minimum Gasteiger partial charge on any atom is -0.493 e. The Kier molecular flexibility index (Phi) is 8.92. The minimum absolute atomic E-state index is 0.200. The molecule has 0 amide bonds. The Morgan fingerprint density at radius 3 is 2.27 bits per heavy atom. The molecule has 0 bridgehead atoms.